The van der Waals surface area contributed by atoms with Crippen LogP contribution in [0.25, 0.3) is 0 Å². The second kappa shape index (κ2) is 11.5. The summed E-state index contributed by atoms with van der Waals surface area (Å²) in [4.78, 5) is 5.90. The fourth-order valence-corrected chi connectivity index (χ4v) is 2.35. The molecule has 0 unspecified atom stereocenters. The van der Waals surface area contributed by atoms with Gasteiger partial charge in [0.05, 0.1) is 6.54 Å². The van der Waals surface area contributed by atoms with E-state index in [1.807, 2.05) is 0 Å². The van der Waals surface area contributed by atoms with Gasteiger partial charge in [0.25, 0.3) is 0 Å². The van der Waals surface area contributed by atoms with Crippen molar-refractivity contribution in [3.05, 3.63) is 22.4 Å². The molecule has 0 aliphatic carbocycles. The maximum atomic E-state index is 4.60. The van der Waals surface area contributed by atoms with E-state index in [-0.39, 0.29) is 24.0 Å². The van der Waals surface area contributed by atoms with Gasteiger partial charge in [-0.3, -0.25) is 0 Å². The van der Waals surface area contributed by atoms with Crippen LogP contribution < -0.4 is 10.6 Å². The average molecular weight is 395 g/mol. The number of aliphatic imine (C=N–C) groups is 1. The van der Waals surface area contributed by atoms with Gasteiger partial charge in [-0.1, -0.05) is 32.8 Å². The van der Waals surface area contributed by atoms with Crippen molar-refractivity contribution in [1.29, 1.82) is 0 Å². The molecule has 0 atom stereocenters. The van der Waals surface area contributed by atoms with Gasteiger partial charge in [0.2, 0.25) is 0 Å². The van der Waals surface area contributed by atoms with Gasteiger partial charge in [0, 0.05) is 18.0 Å². The van der Waals surface area contributed by atoms with Crippen LogP contribution >= 0.6 is 35.3 Å². The van der Waals surface area contributed by atoms with Gasteiger partial charge in [0.15, 0.2) is 5.96 Å². The molecular weight excluding hydrogens is 369 g/mol. The summed E-state index contributed by atoms with van der Waals surface area (Å²) in [5, 5.41) is 8.81. The fraction of sp³-hybridized carbons (Fsp3) is 0.643. The van der Waals surface area contributed by atoms with E-state index in [1.165, 1.54) is 17.7 Å². The van der Waals surface area contributed by atoms with E-state index in [1.54, 1.807) is 11.3 Å². The van der Waals surface area contributed by atoms with Crippen molar-refractivity contribution in [2.45, 2.75) is 40.2 Å². The largest absolute Gasteiger partial charge is 0.357 e. The van der Waals surface area contributed by atoms with Gasteiger partial charge >= 0.3 is 0 Å². The highest BCUT2D eigenvalue weighted by atomic mass is 127. The van der Waals surface area contributed by atoms with E-state index in [9.17, 15) is 0 Å². The minimum Gasteiger partial charge on any atom is -0.357 e. The van der Waals surface area contributed by atoms with Crippen molar-refractivity contribution in [3.63, 3.8) is 0 Å². The molecular formula is C14H26IN3S. The zero-order valence-corrected chi connectivity index (χ0v) is 15.3. The molecule has 1 aromatic heterocycles. The summed E-state index contributed by atoms with van der Waals surface area (Å²) in [6.45, 7) is 9.25. The smallest absolute Gasteiger partial charge is 0.191 e. The Morgan fingerprint density at radius 2 is 2.00 bits per heavy atom. The first kappa shape index (κ1) is 18.7. The highest BCUT2D eigenvalue weighted by Crippen LogP contribution is 2.09. The second-order valence-electron chi connectivity index (χ2n) is 4.34. The molecule has 5 heteroatoms. The Bertz CT molecular complexity index is 334. The van der Waals surface area contributed by atoms with Crippen LogP contribution in [-0.2, 0) is 6.54 Å². The SMILES string of the molecule is CCNC(=NCc1cccs1)NCC(CC)CC.I. The standard InChI is InChI=1S/C14H25N3S.HI/c1-4-12(5-2)10-16-14(15-6-3)17-11-13-8-7-9-18-13;/h7-9,12H,4-6,10-11H2,1-3H3,(H2,15,16,17);1H. The second-order valence-corrected chi connectivity index (χ2v) is 5.37. The lowest BCUT2D eigenvalue weighted by Gasteiger charge is -2.16. The molecule has 2 N–H and O–H groups in total. The predicted molar refractivity (Wildman–Crippen MR) is 96.6 cm³/mol. The van der Waals surface area contributed by atoms with Crippen LogP contribution in [0.3, 0.4) is 0 Å². The van der Waals surface area contributed by atoms with E-state index in [0.717, 1.165) is 31.5 Å². The number of guanidine groups is 1. The first-order chi connectivity index (χ1) is 8.80. The van der Waals surface area contributed by atoms with Gasteiger partial charge in [-0.05, 0) is 24.3 Å². The molecule has 0 saturated carbocycles. The third-order valence-corrected chi connectivity index (χ3v) is 3.89. The monoisotopic (exact) mass is 395 g/mol. The van der Waals surface area contributed by atoms with Crippen molar-refractivity contribution >= 4 is 41.3 Å². The fourth-order valence-electron chi connectivity index (χ4n) is 1.72. The Hall–Kier alpha value is -0.300. The van der Waals surface area contributed by atoms with Crippen molar-refractivity contribution in [2.24, 2.45) is 10.9 Å². The van der Waals surface area contributed by atoms with E-state index >= 15 is 0 Å². The molecule has 0 aliphatic rings. The highest BCUT2D eigenvalue weighted by molar-refractivity contribution is 14.0. The molecule has 0 aliphatic heterocycles. The summed E-state index contributed by atoms with van der Waals surface area (Å²) in [5.74, 6) is 1.66. The molecule has 0 bridgehead atoms. The van der Waals surface area contributed by atoms with Gasteiger partial charge in [-0.25, -0.2) is 4.99 Å². The van der Waals surface area contributed by atoms with Crippen molar-refractivity contribution in [1.82, 2.24) is 10.6 Å². The topological polar surface area (TPSA) is 36.4 Å². The number of nitrogens with zero attached hydrogens (tertiary/aromatic N) is 1. The van der Waals surface area contributed by atoms with Crippen LogP contribution in [-0.4, -0.2) is 19.0 Å². The van der Waals surface area contributed by atoms with Crippen LogP contribution in [0.5, 0.6) is 0 Å². The molecule has 0 spiro atoms. The minimum absolute atomic E-state index is 0. The van der Waals surface area contributed by atoms with E-state index in [0.29, 0.717) is 0 Å². The molecule has 19 heavy (non-hydrogen) atoms. The first-order valence-corrected chi connectivity index (χ1v) is 7.72. The Morgan fingerprint density at radius 1 is 1.26 bits per heavy atom. The van der Waals surface area contributed by atoms with Crippen LogP contribution in [0, 0.1) is 5.92 Å². The van der Waals surface area contributed by atoms with Crippen LogP contribution in [0.4, 0.5) is 0 Å². The molecule has 0 fully saturated rings. The van der Waals surface area contributed by atoms with Crippen molar-refractivity contribution < 1.29 is 0 Å². The van der Waals surface area contributed by atoms with E-state index in [4.69, 9.17) is 0 Å². The summed E-state index contributed by atoms with van der Waals surface area (Å²) in [6.07, 6.45) is 2.43. The van der Waals surface area contributed by atoms with E-state index < -0.39 is 0 Å². The molecule has 110 valence electrons. The number of halogens is 1. The van der Waals surface area contributed by atoms with Gasteiger partial charge in [0.1, 0.15) is 0 Å². The predicted octanol–water partition coefficient (Wildman–Crippen LogP) is 3.86. The van der Waals surface area contributed by atoms with Crippen LogP contribution in [0.2, 0.25) is 0 Å². The third kappa shape index (κ3) is 7.77. The summed E-state index contributed by atoms with van der Waals surface area (Å²) in [6, 6.07) is 4.19. The average Bonchev–Trinajstić information content (AvgIpc) is 2.90. The summed E-state index contributed by atoms with van der Waals surface area (Å²) in [5.41, 5.74) is 0. The molecule has 0 amide bonds. The zero-order valence-electron chi connectivity index (χ0n) is 12.1. The highest BCUT2D eigenvalue weighted by Gasteiger charge is 2.04. The number of nitrogens with one attached hydrogen (secondary N) is 2. The lowest BCUT2D eigenvalue weighted by atomic mass is 10.0. The third-order valence-electron chi connectivity index (χ3n) is 3.03. The zero-order chi connectivity index (χ0) is 13.2. The number of rotatable bonds is 7. The minimum atomic E-state index is 0. The quantitative estimate of drug-likeness (QED) is 0.418. The maximum absolute atomic E-state index is 4.60. The van der Waals surface area contributed by atoms with Crippen molar-refractivity contribution in [2.75, 3.05) is 13.1 Å². The normalized spacial score (nSPS) is 11.3. The Balaban J connectivity index is 0.00000324. The first-order valence-electron chi connectivity index (χ1n) is 6.84. The lowest BCUT2D eigenvalue weighted by molar-refractivity contribution is 0.481. The van der Waals surface area contributed by atoms with Crippen LogP contribution in [0.15, 0.2) is 22.5 Å². The van der Waals surface area contributed by atoms with Gasteiger partial charge in [-0.2, -0.15) is 0 Å². The Kier molecular flexibility index (Phi) is 11.3. The maximum Gasteiger partial charge on any atom is 0.191 e. The molecule has 3 nitrogen and oxygen atoms in total. The number of hydrogen-bond donors (Lipinski definition) is 2. The van der Waals surface area contributed by atoms with Crippen molar-refractivity contribution in [3.8, 4) is 0 Å². The van der Waals surface area contributed by atoms with Gasteiger partial charge in [-0.15, -0.1) is 35.3 Å². The molecule has 0 aromatic carbocycles. The van der Waals surface area contributed by atoms with Crippen LogP contribution in [0.1, 0.15) is 38.5 Å². The molecule has 0 saturated heterocycles. The Labute approximate surface area is 138 Å². The number of hydrogen-bond acceptors (Lipinski definition) is 2. The molecule has 1 rings (SSSR count). The number of thiophene rings is 1. The molecule has 1 aromatic rings. The van der Waals surface area contributed by atoms with E-state index in [2.05, 4.69) is 53.9 Å². The molecule has 1 heterocycles. The van der Waals surface area contributed by atoms with Gasteiger partial charge < -0.3 is 10.6 Å². The summed E-state index contributed by atoms with van der Waals surface area (Å²) in [7, 11) is 0. The lowest BCUT2D eigenvalue weighted by Crippen LogP contribution is -2.39. The Morgan fingerprint density at radius 3 is 2.53 bits per heavy atom. The summed E-state index contributed by atoms with van der Waals surface area (Å²) < 4.78 is 0. The molecule has 0 radical (unpaired) electrons. The summed E-state index contributed by atoms with van der Waals surface area (Å²) >= 11 is 1.75.